The number of fused-ring (bicyclic) bond motifs is 1. The van der Waals surface area contributed by atoms with Crippen molar-refractivity contribution in [1.29, 1.82) is 0 Å². The van der Waals surface area contributed by atoms with Gasteiger partial charge in [-0.2, -0.15) is 0 Å². The normalized spacial score (nSPS) is 13.7. The fourth-order valence-corrected chi connectivity index (χ4v) is 1.90. The van der Waals surface area contributed by atoms with Crippen LogP contribution in [-0.2, 0) is 15.9 Å². The van der Waals surface area contributed by atoms with E-state index >= 15 is 0 Å². The predicted molar refractivity (Wildman–Crippen MR) is 65.4 cm³/mol. The van der Waals surface area contributed by atoms with Gasteiger partial charge in [0.15, 0.2) is 0 Å². The molecule has 1 N–H and O–H groups in total. The molecule has 0 fully saturated rings. The maximum Gasteiger partial charge on any atom is 0.338 e. The molecule has 2 rings (SSSR count). The smallest absolute Gasteiger partial charge is 0.338 e. The molecule has 0 atom stereocenters. The van der Waals surface area contributed by atoms with Crippen molar-refractivity contribution in [3.63, 3.8) is 0 Å². The van der Waals surface area contributed by atoms with E-state index in [9.17, 15) is 4.79 Å². The molecule has 17 heavy (non-hydrogen) atoms. The topological polar surface area (TPSA) is 47.6 Å². The van der Waals surface area contributed by atoms with Gasteiger partial charge in [0.2, 0.25) is 0 Å². The van der Waals surface area contributed by atoms with Crippen molar-refractivity contribution in [2.24, 2.45) is 0 Å². The number of methoxy groups -OCH3 is 1. The highest BCUT2D eigenvalue weighted by Crippen LogP contribution is 2.23. The Kier molecular flexibility index (Phi) is 3.98. The van der Waals surface area contributed by atoms with E-state index < -0.39 is 0 Å². The standard InChI is InChI=1S/C13H17NO3/c1-16-7-8-17-13(15)11-4-5-12-10(9-11)3-2-6-14-12/h4-5,9,14H,2-3,6-8H2,1H3. The lowest BCUT2D eigenvalue weighted by Crippen LogP contribution is -2.14. The number of carbonyl (C=O) groups excluding carboxylic acids is 1. The average molecular weight is 235 g/mol. The summed E-state index contributed by atoms with van der Waals surface area (Å²) in [5, 5.41) is 3.31. The SMILES string of the molecule is COCCOC(=O)c1ccc2c(c1)CCCN2. The minimum Gasteiger partial charge on any atom is -0.460 e. The molecule has 0 radical (unpaired) electrons. The summed E-state index contributed by atoms with van der Waals surface area (Å²) >= 11 is 0. The quantitative estimate of drug-likeness (QED) is 0.639. The highest BCUT2D eigenvalue weighted by atomic mass is 16.6. The van der Waals surface area contributed by atoms with Crippen molar-refractivity contribution in [2.75, 3.05) is 32.2 Å². The second-order valence-electron chi connectivity index (χ2n) is 4.03. The monoisotopic (exact) mass is 235 g/mol. The predicted octanol–water partition coefficient (Wildman–Crippen LogP) is 1.85. The van der Waals surface area contributed by atoms with Crippen LogP contribution in [0.25, 0.3) is 0 Å². The van der Waals surface area contributed by atoms with Crippen molar-refractivity contribution in [1.82, 2.24) is 0 Å². The molecule has 4 nitrogen and oxygen atoms in total. The number of benzene rings is 1. The fraction of sp³-hybridized carbons (Fsp3) is 0.462. The van der Waals surface area contributed by atoms with Gasteiger partial charge in [-0.25, -0.2) is 4.79 Å². The summed E-state index contributed by atoms with van der Waals surface area (Å²) in [6, 6.07) is 5.66. The van der Waals surface area contributed by atoms with Gasteiger partial charge in [-0.3, -0.25) is 0 Å². The molecule has 0 unspecified atom stereocenters. The van der Waals surface area contributed by atoms with Gasteiger partial charge in [0.1, 0.15) is 6.61 Å². The molecule has 1 heterocycles. The van der Waals surface area contributed by atoms with E-state index in [0.29, 0.717) is 18.8 Å². The number of hydrogen-bond acceptors (Lipinski definition) is 4. The third kappa shape index (κ3) is 2.97. The largest absolute Gasteiger partial charge is 0.460 e. The van der Waals surface area contributed by atoms with Gasteiger partial charge in [0.25, 0.3) is 0 Å². The van der Waals surface area contributed by atoms with Gasteiger partial charge in [0, 0.05) is 19.3 Å². The van der Waals surface area contributed by atoms with Gasteiger partial charge < -0.3 is 14.8 Å². The number of carbonyl (C=O) groups is 1. The zero-order valence-electron chi connectivity index (χ0n) is 9.99. The Morgan fingerprint density at radius 1 is 1.41 bits per heavy atom. The lowest BCUT2D eigenvalue weighted by molar-refractivity contribution is 0.0388. The molecular weight excluding hydrogens is 218 g/mol. The van der Waals surface area contributed by atoms with Crippen LogP contribution in [0.5, 0.6) is 0 Å². The van der Waals surface area contributed by atoms with Crippen molar-refractivity contribution in [3.05, 3.63) is 29.3 Å². The van der Waals surface area contributed by atoms with Crippen LogP contribution in [0, 0.1) is 0 Å². The molecule has 0 aliphatic carbocycles. The summed E-state index contributed by atoms with van der Waals surface area (Å²) in [5.41, 5.74) is 2.94. The number of rotatable bonds is 4. The first-order valence-electron chi connectivity index (χ1n) is 5.84. The molecular formula is C13H17NO3. The second-order valence-corrected chi connectivity index (χ2v) is 4.03. The summed E-state index contributed by atoms with van der Waals surface area (Å²) in [6.45, 7) is 1.73. The van der Waals surface area contributed by atoms with Crippen LogP contribution < -0.4 is 5.32 Å². The first-order chi connectivity index (χ1) is 8.31. The summed E-state index contributed by atoms with van der Waals surface area (Å²) in [4.78, 5) is 11.7. The molecule has 4 heteroatoms. The highest BCUT2D eigenvalue weighted by molar-refractivity contribution is 5.90. The minimum absolute atomic E-state index is 0.282. The molecule has 0 aromatic heterocycles. The maximum atomic E-state index is 11.7. The Balaban J connectivity index is 2.03. The first-order valence-corrected chi connectivity index (χ1v) is 5.84. The summed E-state index contributed by atoms with van der Waals surface area (Å²) in [5.74, 6) is -0.282. The molecule has 92 valence electrons. The lowest BCUT2D eigenvalue weighted by atomic mass is 10.0. The fourth-order valence-electron chi connectivity index (χ4n) is 1.90. The Morgan fingerprint density at radius 3 is 3.12 bits per heavy atom. The Hall–Kier alpha value is -1.55. The van der Waals surface area contributed by atoms with Gasteiger partial charge >= 0.3 is 5.97 Å². The molecule has 1 aromatic carbocycles. The van der Waals surface area contributed by atoms with Crippen LogP contribution in [0.3, 0.4) is 0 Å². The third-order valence-corrected chi connectivity index (χ3v) is 2.80. The van der Waals surface area contributed by atoms with E-state index in [1.54, 1.807) is 13.2 Å². The minimum atomic E-state index is -0.282. The van der Waals surface area contributed by atoms with E-state index in [-0.39, 0.29) is 5.97 Å². The van der Waals surface area contributed by atoms with E-state index in [4.69, 9.17) is 9.47 Å². The molecule has 0 spiro atoms. The van der Waals surface area contributed by atoms with Crippen molar-refractivity contribution >= 4 is 11.7 Å². The molecule has 0 amide bonds. The number of nitrogens with one attached hydrogen (secondary N) is 1. The van der Waals surface area contributed by atoms with E-state index in [2.05, 4.69) is 5.32 Å². The molecule has 0 saturated heterocycles. The van der Waals surface area contributed by atoms with E-state index in [0.717, 1.165) is 25.1 Å². The zero-order valence-corrected chi connectivity index (χ0v) is 9.99. The van der Waals surface area contributed by atoms with Gasteiger partial charge in [-0.15, -0.1) is 0 Å². The van der Waals surface area contributed by atoms with Crippen molar-refractivity contribution < 1.29 is 14.3 Å². The second kappa shape index (κ2) is 5.68. The molecule has 0 saturated carbocycles. The van der Waals surface area contributed by atoms with Crippen LogP contribution in [0.1, 0.15) is 22.3 Å². The van der Waals surface area contributed by atoms with E-state index in [1.165, 1.54) is 5.56 Å². The van der Waals surface area contributed by atoms with Crippen LogP contribution in [0.15, 0.2) is 18.2 Å². The van der Waals surface area contributed by atoms with Crippen molar-refractivity contribution in [3.8, 4) is 0 Å². The molecule has 1 aliphatic rings. The number of ether oxygens (including phenoxy) is 2. The van der Waals surface area contributed by atoms with Crippen LogP contribution in [0.4, 0.5) is 5.69 Å². The zero-order chi connectivity index (χ0) is 12.1. The number of aryl methyl sites for hydroxylation is 1. The Morgan fingerprint density at radius 2 is 2.29 bits per heavy atom. The van der Waals surface area contributed by atoms with Crippen LogP contribution in [0.2, 0.25) is 0 Å². The molecule has 1 aliphatic heterocycles. The molecule has 1 aromatic rings. The maximum absolute atomic E-state index is 11.7. The summed E-state index contributed by atoms with van der Waals surface area (Å²) in [6.07, 6.45) is 2.12. The summed E-state index contributed by atoms with van der Waals surface area (Å²) < 4.78 is 9.91. The number of anilines is 1. The van der Waals surface area contributed by atoms with Crippen LogP contribution in [-0.4, -0.2) is 32.8 Å². The molecule has 0 bridgehead atoms. The Labute approximate surface area is 101 Å². The highest BCUT2D eigenvalue weighted by Gasteiger charge is 2.13. The van der Waals surface area contributed by atoms with Crippen molar-refractivity contribution in [2.45, 2.75) is 12.8 Å². The number of esters is 1. The van der Waals surface area contributed by atoms with Gasteiger partial charge in [0.05, 0.1) is 12.2 Å². The average Bonchev–Trinajstić information content (AvgIpc) is 2.38. The van der Waals surface area contributed by atoms with Gasteiger partial charge in [-0.05, 0) is 36.6 Å². The third-order valence-electron chi connectivity index (χ3n) is 2.80. The number of hydrogen-bond donors (Lipinski definition) is 1. The van der Waals surface area contributed by atoms with Gasteiger partial charge in [-0.1, -0.05) is 0 Å². The van der Waals surface area contributed by atoms with Crippen LogP contribution >= 0.6 is 0 Å². The summed E-state index contributed by atoms with van der Waals surface area (Å²) in [7, 11) is 1.58. The lowest BCUT2D eigenvalue weighted by Gasteiger charge is -2.18. The Bertz CT molecular complexity index is 404. The first kappa shape index (κ1) is 11.9. The van der Waals surface area contributed by atoms with E-state index in [1.807, 2.05) is 12.1 Å².